The standard InChI is InChI=1S/C12H20N2O3/c15-11(10-13-6-8-17-9-7-13)12(16)14-4-2-1-3-5-14/h1-10H2. The van der Waals surface area contributed by atoms with Crippen molar-refractivity contribution in [3.63, 3.8) is 0 Å². The zero-order chi connectivity index (χ0) is 12.1. The molecule has 5 heteroatoms. The number of piperidine rings is 1. The summed E-state index contributed by atoms with van der Waals surface area (Å²) < 4.78 is 5.21. The number of carbonyl (C=O) groups excluding carboxylic acids is 2. The minimum atomic E-state index is -0.295. The van der Waals surface area contributed by atoms with E-state index in [1.54, 1.807) is 4.90 Å². The van der Waals surface area contributed by atoms with Gasteiger partial charge in [-0.2, -0.15) is 0 Å². The third-order valence-electron chi connectivity index (χ3n) is 3.35. The van der Waals surface area contributed by atoms with Crippen LogP contribution in [0.3, 0.4) is 0 Å². The summed E-state index contributed by atoms with van der Waals surface area (Å²) in [4.78, 5) is 27.4. The molecule has 2 heterocycles. The van der Waals surface area contributed by atoms with Gasteiger partial charge < -0.3 is 9.64 Å². The Labute approximate surface area is 102 Å². The van der Waals surface area contributed by atoms with Crippen molar-refractivity contribution in [3.05, 3.63) is 0 Å². The molecule has 17 heavy (non-hydrogen) atoms. The van der Waals surface area contributed by atoms with Gasteiger partial charge in [0, 0.05) is 26.2 Å². The number of rotatable bonds is 3. The SMILES string of the molecule is O=C(CN1CCOCC1)C(=O)N1CCCCC1. The molecule has 0 spiro atoms. The highest BCUT2D eigenvalue weighted by Gasteiger charge is 2.25. The fourth-order valence-electron chi connectivity index (χ4n) is 2.30. The van der Waals surface area contributed by atoms with Gasteiger partial charge in [-0.05, 0) is 19.3 Å². The molecule has 2 rings (SSSR count). The molecule has 0 radical (unpaired) electrons. The van der Waals surface area contributed by atoms with E-state index in [1.165, 1.54) is 6.42 Å². The quantitative estimate of drug-likeness (QED) is 0.646. The highest BCUT2D eigenvalue weighted by Crippen LogP contribution is 2.09. The van der Waals surface area contributed by atoms with Gasteiger partial charge in [0.05, 0.1) is 19.8 Å². The van der Waals surface area contributed by atoms with Crippen LogP contribution < -0.4 is 0 Å². The lowest BCUT2D eigenvalue weighted by Crippen LogP contribution is -2.46. The Bertz CT molecular complexity index is 281. The number of amides is 1. The minimum absolute atomic E-state index is 0.249. The molecule has 0 bridgehead atoms. The largest absolute Gasteiger partial charge is 0.379 e. The molecule has 0 aromatic heterocycles. The van der Waals surface area contributed by atoms with Crippen molar-refractivity contribution >= 4 is 11.7 Å². The van der Waals surface area contributed by atoms with Crippen LogP contribution in [0, 0.1) is 0 Å². The number of ketones is 1. The number of carbonyl (C=O) groups is 2. The molecule has 1 amide bonds. The molecule has 0 N–H and O–H groups in total. The van der Waals surface area contributed by atoms with E-state index in [-0.39, 0.29) is 18.2 Å². The van der Waals surface area contributed by atoms with Crippen LogP contribution in [0.15, 0.2) is 0 Å². The fraction of sp³-hybridized carbons (Fsp3) is 0.833. The molecule has 0 atom stereocenters. The van der Waals surface area contributed by atoms with Gasteiger partial charge in [-0.25, -0.2) is 0 Å². The molecule has 0 aromatic carbocycles. The predicted octanol–water partition coefficient (Wildman–Crippen LogP) is -0.0998. The van der Waals surface area contributed by atoms with Gasteiger partial charge in [-0.3, -0.25) is 14.5 Å². The average molecular weight is 240 g/mol. The van der Waals surface area contributed by atoms with Crippen molar-refractivity contribution in [2.75, 3.05) is 45.9 Å². The minimum Gasteiger partial charge on any atom is -0.379 e. The zero-order valence-electron chi connectivity index (χ0n) is 10.2. The van der Waals surface area contributed by atoms with Gasteiger partial charge in [-0.1, -0.05) is 0 Å². The lowest BCUT2D eigenvalue weighted by molar-refractivity contribution is -0.146. The summed E-state index contributed by atoms with van der Waals surface area (Å²) in [5.41, 5.74) is 0. The van der Waals surface area contributed by atoms with Crippen molar-refractivity contribution in [1.82, 2.24) is 9.80 Å². The van der Waals surface area contributed by atoms with Crippen LogP contribution in [0.1, 0.15) is 19.3 Å². The van der Waals surface area contributed by atoms with Crippen molar-refractivity contribution in [3.8, 4) is 0 Å². The summed E-state index contributed by atoms with van der Waals surface area (Å²) in [5, 5.41) is 0. The molecule has 2 aliphatic heterocycles. The molecule has 2 saturated heterocycles. The number of likely N-dealkylation sites (tertiary alicyclic amines) is 1. The van der Waals surface area contributed by atoms with Crippen LogP contribution in [0.5, 0.6) is 0 Å². The van der Waals surface area contributed by atoms with Crippen molar-refractivity contribution in [2.24, 2.45) is 0 Å². The second-order valence-corrected chi connectivity index (χ2v) is 4.66. The van der Waals surface area contributed by atoms with Gasteiger partial charge in [0.25, 0.3) is 5.91 Å². The number of ether oxygens (including phenoxy) is 1. The smallest absolute Gasteiger partial charge is 0.291 e. The summed E-state index contributed by atoms with van der Waals surface area (Å²) >= 11 is 0. The molecular weight excluding hydrogens is 220 g/mol. The topological polar surface area (TPSA) is 49.9 Å². The molecule has 0 aromatic rings. The van der Waals surface area contributed by atoms with Crippen LogP contribution >= 0.6 is 0 Å². The van der Waals surface area contributed by atoms with E-state index in [0.717, 1.165) is 39.0 Å². The first-order valence-corrected chi connectivity index (χ1v) is 6.39. The Kier molecular flexibility index (Phi) is 4.50. The lowest BCUT2D eigenvalue weighted by Gasteiger charge is -2.28. The normalized spacial score (nSPS) is 22.5. The van der Waals surface area contributed by atoms with E-state index in [0.29, 0.717) is 13.2 Å². The molecule has 2 aliphatic rings. The third kappa shape index (κ3) is 3.51. The first-order chi connectivity index (χ1) is 8.27. The maximum atomic E-state index is 11.9. The summed E-state index contributed by atoms with van der Waals surface area (Å²) in [6, 6.07) is 0. The van der Waals surface area contributed by atoms with Crippen LogP contribution in [0.2, 0.25) is 0 Å². The van der Waals surface area contributed by atoms with Gasteiger partial charge in [-0.15, -0.1) is 0 Å². The zero-order valence-corrected chi connectivity index (χ0v) is 10.2. The number of nitrogens with zero attached hydrogens (tertiary/aromatic N) is 2. The van der Waals surface area contributed by atoms with E-state index >= 15 is 0 Å². The Hall–Kier alpha value is -0.940. The van der Waals surface area contributed by atoms with E-state index in [4.69, 9.17) is 4.74 Å². The van der Waals surface area contributed by atoms with Crippen molar-refractivity contribution < 1.29 is 14.3 Å². The Morgan fingerprint density at radius 2 is 1.59 bits per heavy atom. The predicted molar refractivity (Wildman–Crippen MR) is 62.7 cm³/mol. The number of Topliss-reactive ketones (excluding diaryl/α,β-unsaturated/α-hetero) is 1. The van der Waals surface area contributed by atoms with Crippen LogP contribution in [0.4, 0.5) is 0 Å². The van der Waals surface area contributed by atoms with E-state index < -0.39 is 0 Å². The van der Waals surface area contributed by atoms with Gasteiger partial charge in [0.1, 0.15) is 0 Å². The number of morpholine rings is 1. The number of hydrogen-bond acceptors (Lipinski definition) is 4. The van der Waals surface area contributed by atoms with Gasteiger partial charge in [0.2, 0.25) is 5.78 Å². The number of hydrogen-bond donors (Lipinski definition) is 0. The summed E-state index contributed by atoms with van der Waals surface area (Å²) in [6.45, 7) is 4.55. The Morgan fingerprint density at radius 1 is 0.941 bits per heavy atom. The first kappa shape index (κ1) is 12.5. The lowest BCUT2D eigenvalue weighted by atomic mass is 10.1. The van der Waals surface area contributed by atoms with Crippen LogP contribution in [0.25, 0.3) is 0 Å². The maximum Gasteiger partial charge on any atom is 0.291 e. The molecular formula is C12H20N2O3. The summed E-state index contributed by atoms with van der Waals surface area (Å²) in [5.74, 6) is -0.565. The fourth-order valence-corrected chi connectivity index (χ4v) is 2.30. The van der Waals surface area contributed by atoms with Crippen LogP contribution in [-0.2, 0) is 14.3 Å². The van der Waals surface area contributed by atoms with Gasteiger partial charge >= 0.3 is 0 Å². The molecule has 96 valence electrons. The van der Waals surface area contributed by atoms with E-state index in [1.807, 2.05) is 4.90 Å². The molecule has 0 saturated carbocycles. The second-order valence-electron chi connectivity index (χ2n) is 4.66. The van der Waals surface area contributed by atoms with Gasteiger partial charge in [0.15, 0.2) is 0 Å². The van der Waals surface area contributed by atoms with Crippen molar-refractivity contribution in [2.45, 2.75) is 19.3 Å². The Morgan fingerprint density at radius 3 is 2.24 bits per heavy atom. The highest BCUT2D eigenvalue weighted by molar-refractivity contribution is 6.36. The summed E-state index contributed by atoms with van der Waals surface area (Å²) in [6.07, 6.45) is 3.22. The molecule has 5 nitrogen and oxygen atoms in total. The monoisotopic (exact) mass is 240 g/mol. The molecule has 0 aliphatic carbocycles. The van der Waals surface area contributed by atoms with Crippen LogP contribution in [-0.4, -0.2) is 67.4 Å². The van der Waals surface area contributed by atoms with E-state index in [2.05, 4.69) is 0 Å². The molecule has 2 fully saturated rings. The first-order valence-electron chi connectivity index (χ1n) is 6.39. The highest BCUT2D eigenvalue weighted by atomic mass is 16.5. The third-order valence-corrected chi connectivity index (χ3v) is 3.35. The Balaban J connectivity index is 1.79. The van der Waals surface area contributed by atoms with E-state index in [9.17, 15) is 9.59 Å². The maximum absolute atomic E-state index is 11.9. The summed E-state index contributed by atoms with van der Waals surface area (Å²) in [7, 11) is 0. The van der Waals surface area contributed by atoms with Crippen molar-refractivity contribution in [1.29, 1.82) is 0 Å². The average Bonchev–Trinajstić information content (AvgIpc) is 2.40. The molecule has 0 unspecified atom stereocenters. The second kappa shape index (κ2) is 6.12.